The van der Waals surface area contributed by atoms with Gasteiger partial charge in [0.2, 0.25) is 0 Å². The Morgan fingerprint density at radius 1 is 1.28 bits per heavy atom. The SMILES string of the molecule is CCCCC(CC)(Cc1ccc(Cl)cc1)C(=O)O. The van der Waals surface area contributed by atoms with Gasteiger partial charge in [0.15, 0.2) is 0 Å². The summed E-state index contributed by atoms with van der Waals surface area (Å²) in [6.07, 6.45) is 3.95. The highest BCUT2D eigenvalue weighted by atomic mass is 35.5. The highest BCUT2D eigenvalue weighted by Crippen LogP contribution is 2.33. The highest BCUT2D eigenvalue weighted by Gasteiger charge is 2.35. The quantitative estimate of drug-likeness (QED) is 0.787. The lowest BCUT2D eigenvalue weighted by molar-refractivity contribution is -0.149. The molecule has 1 unspecified atom stereocenters. The molecule has 0 aliphatic carbocycles. The number of hydrogen-bond acceptors (Lipinski definition) is 1. The van der Waals surface area contributed by atoms with E-state index in [2.05, 4.69) is 6.92 Å². The molecule has 2 nitrogen and oxygen atoms in total. The molecule has 100 valence electrons. The van der Waals surface area contributed by atoms with Crippen LogP contribution in [0.15, 0.2) is 24.3 Å². The average Bonchev–Trinajstić information content (AvgIpc) is 2.36. The van der Waals surface area contributed by atoms with Crippen molar-refractivity contribution in [3.8, 4) is 0 Å². The van der Waals surface area contributed by atoms with Gasteiger partial charge in [0.05, 0.1) is 5.41 Å². The van der Waals surface area contributed by atoms with Crippen LogP contribution < -0.4 is 0 Å². The van der Waals surface area contributed by atoms with Crippen molar-refractivity contribution < 1.29 is 9.90 Å². The Morgan fingerprint density at radius 2 is 1.89 bits per heavy atom. The number of hydrogen-bond donors (Lipinski definition) is 1. The molecule has 0 heterocycles. The second-order valence-electron chi connectivity index (χ2n) is 4.85. The van der Waals surface area contributed by atoms with Crippen LogP contribution in [-0.2, 0) is 11.2 Å². The molecule has 0 fully saturated rings. The number of carboxylic acids is 1. The monoisotopic (exact) mass is 268 g/mol. The maximum atomic E-state index is 11.6. The van der Waals surface area contributed by atoms with E-state index in [4.69, 9.17) is 11.6 Å². The van der Waals surface area contributed by atoms with Crippen LogP contribution in [0.2, 0.25) is 5.02 Å². The Labute approximate surface area is 114 Å². The summed E-state index contributed by atoms with van der Waals surface area (Å²) in [6, 6.07) is 7.47. The average molecular weight is 269 g/mol. The Bertz CT molecular complexity index is 386. The maximum Gasteiger partial charge on any atom is 0.309 e. The summed E-state index contributed by atoms with van der Waals surface area (Å²) in [7, 11) is 0. The van der Waals surface area contributed by atoms with Crippen molar-refractivity contribution >= 4 is 17.6 Å². The first-order valence-corrected chi connectivity index (χ1v) is 6.89. The van der Waals surface area contributed by atoms with Crippen molar-refractivity contribution in [1.82, 2.24) is 0 Å². The molecule has 1 atom stereocenters. The summed E-state index contributed by atoms with van der Waals surface area (Å²) in [5.74, 6) is -0.687. The fourth-order valence-corrected chi connectivity index (χ4v) is 2.36. The predicted molar refractivity (Wildman–Crippen MR) is 75.0 cm³/mol. The van der Waals surface area contributed by atoms with E-state index in [9.17, 15) is 9.90 Å². The summed E-state index contributed by atoms with van der Waals surface area (Å²) >= 11 is 5.85. The normalized spacial score (nSPS) is 14.2. The third-order valence-corrected chi connectivity index (χ3v) is 3.85. The van der Waals surface area contributed by atoms with E-state index in [1.165, 1.54) is 0 Å². The molecule has 0 radical (unpaired) electrons. The van der Waals surface area contributed by atoms with Crippen LogP contribution in [0.25, 0.3) is 0 Å². The van der Waals surface area contributed by atoms with Gasteiger partial charge in [-0.2, -0.15) is 0 Å². The van der Waals surface area contributed by atoms with Crippen LogP contribution in [0, 0.1) is 5.41 Å². The first kappa shape index (κ1) is 15.0. The minimum Gasteiger partial charge on any atom is -0.481 e. The molecule has 1 aromatic carbocycles. The second-order valence-corrected chi connectivity index (χ2v) is 5.28. The number of carbonyl (C=O) groups is 1. The molecule has 0 aromatic heterocycles. The number of unbranched alkanes of at least 4 members (excludes halogenated alkanes) is 1. The third kappa shape index (κ3) is 3.74. The van der Waals surface area contributed by atoms with Gasteiger partial charge in [-0.1, -0.05) is 50.4 Å². The number of aliphatic carboxylic acids is 1. The van der Waals surface area contributed by atoms with Gasteiger partial charge in [0.25, 0.3) is 0 Å². The number of halogens is 1. The predicted octanol–water partition coefficient (Wildman–Crippen LogP) is 4.55. The van der Waals surface area contributed by atoms with Gasteiger partial charge < -0.3 is 5.11 Å². The molecule has 1 N–H and O–H groups in total. The molecule has 0 bridgehead atoms. The zero-order chi connectivity index (χ0) is 13.6. The van der Waals surface area contributed by atoms with Crippen molar-refractivity contribution in [3.05, 3.63) is 34.9 Å². The smallest absolute Gasteiger partial charge is 0.309 e. The molecular weight excluding hydrogens is 248 g/mol. The lowest BCUT2D eigenvalue weighted by atomic mass is 9.75. The zero-order valence-corrected chi connectivity index (χ0v) is 11.8. The zero-order valence-electron chi connectivity index (χ0n) is 11.1. The molecule has 0 spiro atoms. The molecule has 1 rings (SSSR count). The highest BCUT2D eigenvalue weighted by molar-refractivity contribution is 6.30. The first-order chi connectivity index (χ1) is 8.54. The molecule has 0 aliphatic rings. The minimum absolute atomic E-state index is 0.579. The van der Waals surface area contributed by atoms with Gasteiger partial charge in [0.1, 0.15) is 0 Å². The summed E-state index contributed by atoms with van der Waals surface area (Å²) in [5.41, 5.74) is 0.406. The van der Waals surface area contributed by atoms with E-state index in [1.807, 2.05) is 31.2 Å². The summed E-state index contributed by atoms with van der Waals surface area (Å²) in [6.45, 7) is 4.05. The van der Waals surface area contributed by atoms with Crippen LogP contribution in [0.4, 0.5) is 0 Å². The van der Waals surface area contributed by atoms with E-state index in [-0.39, 0.29) is 0 Å². The first-order valence-electron chi connectivity index (χ1n) is 6.52. The minimum atomic E-state index is -0.687. The van der Waals surface area contributed by atoms with Crippen LogP contribution in [0.3, 0.4) is 0 Å². The summed E-state index contributed by atoms with van der Waals surface area (Å²) < 4.78 is 0. The van der Waals surface area contributed by atoms with Gasteiger partial charge in [-0.25, -0.2) is 0 Å². The van der Waals surface area contributed by atoms with E-state index in [0.717, 1.165) is 24.8 Å². The van der Waals surface area contributed by atoms with Crippen molar-refractivity contribution in [2.75, 3.05) is 0 Å². The fourth-order valence-electron chi connectivity index (χ4n) is 2.23. The van der Waals surface area contributed by atoms with Crippen molar-refractivity contribution in [1.29, 1.82) is 0 Å². The van der Waals surface area contributed by atoms with Crippen molar-refractivity contribution in [3.63, 3.8) is 0 Å². The molecular formula is C15H21ClO2. The Balaban J connectivity index is 2.89. The van der Waals surface area contributed by atoms with Crippen molar-refractivity contribution in [2.24, 2.45) is 5.41 Å². The molecule has 18 heavy (non-hydrogen) atoms. The number of rotatable bonds is 7. The van der Waals surface area contributed by atoms with Crippen molar-refractivity contribution in [2.45, 2.75) is 46.0 Å². The Morgan fingerprint density at radius 3 is 2.33 bits per heavy atom. The third-order valence-electron chi connectivity index (χ3n) is 3.60. The number of benzene rings is 1. The van der Waals surface area contributed by atoms with Gasteiger partial charge in [-0.05, 0) is 37.0 Å². The Kier molecular flexibility index (Phi) is 5.67. The van der Waals surface area contributed by atoms with Crippen LogP contribution in [-0.4, -0.2) is 11.1 Å². The van der Waals surface area contributed by atoms with Crippen LogP contribution >= 0.6 is 11.6 Å². The summed E-state index contributed by atoms with van der Waals surface area (Å²) in [5, 5.41) is 10.2. The molecule has 0 amide bonds. The van der Waals surface area contributed by atoms with Crippen LogP contribution in [0.5, 0.6) is 0 Å². The van der Waals surface area contributed by atoms with Gasteiger partial charge in [0, 0.05) is 5.02 Å². The van der Waals surface area contributed by atoms with Gasteiger partial charge >= 0.3 is 5.97 Å². The number of carboxylic acid groups (broad SMARTS) is 1. The van der Waals surface area contributed by atoms with E-state index in [1.54, 1.807) is 0 Å². The fraction of sp³-hybridized carbons (Fsp3) is 0.533. The molecule has 3 heteroatoms. The van der Waals surface area contributed by atoms with E-state index in [0.29, 0.717) is 17.9 Å². The summed E-state index contributed by atoms with van der Waals surface area (Å²) in [4.78, 5) is 11.6. The van der Waals surface area contributed by atoms with E-state index < -0.39 is 11.4 Å². The second kappa shape index (κ2) is 6.79. The molecule has 0 aliphatic heterocycles. The molecule has 0 saturated carbocycles. The van der Waals surface area contributed by atoms with E-state index >= 15 is 0 Å². The lowest BCUT2D eigenvalue weighted by Crippen LogP contribution is -2.32. The van der Waals surface area contributed by atoms with Gasteiger partial charge in [-0.15, -0.1) is 0 Å². The van der Waals surface area contributed by atoms with Crippen LogP contribution in [0.1, 0.15) is 45.1 Å². The molecule has 1 aromatic rings. The maximum absolute atomic E-state index is 11.6. The molecule has 0 saturated heterocycles. The standard InChI is InChI=1S/C15H21ClO2/c1-3-5-10-15(4-2,14(17)18)11-12-6-8-13(16)9-7-12/h6-9H,3-5,10-11H2,1-2H3,(H,17,18). The largest absolute Gasteiger partial charge is 0.481 e. The Hall–Kier alpha value is -1.02. The van der Waals surface area contributed by atoms with Gasteiger partial charge in [-0.3, -0.25) is 4.79 Å². The lowest BCUT2D eigenvalue weighted by Gasteiger charge is -2.28. The topological polar surface area (TPSA) is 37.3 Å².